The summed E-state index contributed by atoms with van der Waals surface area (Å²) in [4.78, 5) is 9.73. The smallest absolute Gasteiger partial charge is 0.221 e. The fourth-order valence-corrected chi connectivity index (χ4v) is 12.9. The fourth-order valence-electron chi connectivity index (χ4n) is 7.19. The molecule has 2 heterocycles. The van der Waals surface area contributed by atoms with Crippen molar-refractivity contribution in [3.8, 4) is 22.9 Å². The first-order valence-corrected chi connectivity index (χ1v) is 19.6. The van der Waals surface area contributed by atoms with Crippen molar-refractivity contribution in [1.82, 2.24) is 9.97 Å². The quantitative estimate of drug-likeness (QED) is 0.143. The van der Waals surface area contributed by atoms with Crippen LogP contribution in [0, 0.1) is 55.4 Å². The van der Waals surface area contributed by atoms with E-state index in [4.69, 9.17) is 19.4 Å². The van der Waals surface area contributed by atoms with Gasteiger partial charge in [0.15, 0.2) is 0 Å². The standard InChI is InChI=1S/C44H46N2O2P2/c1-27-15-28(2)20-35(19-27)49(36-21-29(3)16-30(4)22-36)39-11-13-45-43(47-9)41(39)42-40(12-14-46-44(42)48-10)50(37-23-31(5)17-32(6)24-37)38-25-33(7)18-34(8)26-38/h11-26H,1-10H3. The van der Waals surface area contributed by atoms with E-state index in [0.29, 0.717) is 11.8 Å². The van der Waals surface area contributed by atoms with E-state index in [9.17, 15) is 0 Å². The van der Waals surface area contributed by atoms with E-state index in [2.05, 4.69) is 140 Å². The molecule has 0 bridgehead atoms. The summed E-state index contributed by atoms with van der Waals surface area (Å²) in [5.41, 5.74) is 11.8. The van der Waals surface area contributed by atoms with Crippen molar-refractivity contribution in [2.24, 2.45) is 0 Å². The molecule has 0 N–H and O–H groups in total. The van der Waals surface area contributed by atoms with Gasteiger partial charge in [0, 0.05) is 12.4 Å². The zero-order chi connectivity index (χ0) is 35.7. The minimum Gasteiger partial charge on any atom is -0.481 e. The second kappa shape index (κ2) is 14.9. The molecule has 0 aliphatic heterocycles. The van der Waals surface area contributed by atoms with Crippen LogP contribution >= 0.6 is 15.8 Å². The van der Waals surface area contributed by atoms with E-state index in [1.54, 1.807) is 14.2 Å². The first-order valence-electron chi connectivity index (χ1n) is 17.0. The van der Waals surface area contributed by atoms with E-state index >= 15 is 0 Å². The van der Waals surface area contributed by atoms with Crippen LogP contribution in [0.2, 0.25) is 0 Å². The SMILES string of the molecule is COc1nccc(P(c2cc(C)cc(C)c2)c2cc(C)cc(C)c2)c1-c1c(P(c2cc(C)cc(C)c2)c2cc(C)cc(C)c2)ccnc1OC. The van der Waals surface area contributed by atoms with Crippen molar-refractivity contribution in [3.05, 3.63) is 142 Å². The molecule has 0 saturated carbocycles. The number of methoxy groups -OCH3 is 2. The molecule has 4 aromatic carbocycles. The Morgan fingerprint density at radius 3 is 0.840 bits per heavy atom. The number of benzene rings is 4. The Hall–Kier alpha value is -4.36. The topological polar surface area (TPSA) is 44.2 Å². The molecule has 0 radical (unpaired) electrons. The van der Waals surface area contributed by atoms with Crippen LogP contribution in [0.25, 0.3) is 11.1 Å². The summed E-state index contributed by atoms with van der Waals surface area (Å²) in [5, 5.41) is 7.45. The van der Waals surface area contributed by atoms with Crippen molar-refractivity contribution in [2.45, 2.75) is 55.4 Å². The van der Waals surface area contributed by atoms with Crippen LogP contribution in [0.15, 0.2) is 97.3 Å². The van der Waals surface area contributed by atoms with Gasteiger partial charge in [-0.15, -0.1) is 0 Å². The maximum atomic E-state index is 6.20. The lowest BCUT2D eigenvalue weighted by Gasteiger charge is -2.28. The number of aromatic nitrogens is 2. The molecule has 0 aliphatic rings. The molecule has 6 aromatic rings. The van der Waals surface area contributed by atoms with Crippen LogP contribution in [-0.2, 0) is 0 Å². The zero-order valence-electron chi connectivity index (χ0n) is 30.8. The Morgan fingerprint density at radius 1 is 0.380 bits per heavy atom. The average molecular weight is 697 g/mol. The Kier molecular flexibility index (Phi) is 10.5. The predicted octanol–water partition coefficient (Wildman–Crippen LogP) is 8.14. The number of nitrogens with zero attached hydrogens (tertiary/aromatic N) is 2. The van der Waals surface area contributed by atoms with Gasteiger partial charge < -0.3 is 9.47 Å². The highest BCUT2D eigenvalue weighted by molar-refractivity contribution is 7.80. The van der Waals surface area contributed by atoms with Gasteiger partial charge in [-0.1, -0.05) is 117 Å². The van der Waals surface area contributed by atoms with Crippen LogP contribution < -0.4 is 41.3 Å². The van der Waals surface area contributed by atoms with Crippen molar-refractivity contribution in [2.75, 3.05) is 14.2 Å². The summed E-state index contributed by atoms with van der Waals surface area (Å²) in [7, 11) is 1.32. The highest BCUT2D eigenvalue weighted by atomic mass is 31.1. The Morgan fingerprint density at radius 2 is 0.620 bits per heavy atom. The lowest BCUT2D eigenvalue weighted by molar-refractivity contribution is 0.393. The van der Waals surface area contributed by atoms with Gasteiger partial charge in [-0.3, -0.25) is 0 Å². The number of hydrogen-bond donors (Lipinski definition) is 0. The number of pyridine rings is 2. The van der Waals surface area contributed by atoms with Gasteiger partial charge in [-0.25, -0.2) is 9.97 Å². The molecular formula is C44H46N2O2P2. The van der Waals surface area contributed by atoms with Crippen LogP contribution in [0.1, 0.15) is 44.5 Å². The van der Waals surface area contributed by atoms with E-state index < -0.39 is 15.8 Å². The zero-order valence-corrected chi connectivity index (χ0v) is 32.6. The molecule has 6 rings (SSSR count). The molecule has 2 aromatic heterocycles. The first-order chi connectivity index (χ1) is 23.9. The van der Waals surface area contributed by atoms with Crippen LogP contribution in [-0.4, -0.2) is 24.2 Å². The molecule has 6 heteroatoms. The Labute approximate surface area is 300 Å². The summed E-state index contributed by atoms with van der Waals surface area (Å²) >= 11 is 0. The van der Waals surface area contributed by atoms with Gasteiger partial charge in [-0.2, -0.15) is 0 Å². The molecule has 0 fully saturated rings. The normalized spacial score (nSPS) is 11.4. The molecule has 0 spiro atoms. The van der Waals surface area contributed by atoms with E-state index in [1.165, 1.54) is 65.7 Å². The van der Waals surface area contributed by atoms with Gasteiger partial charge in [0.05, 0.1) is 25.3 Å². The van der Waals surface area contributed by atoms with Gasteiger partial charge in [0.25, 0.3) is 0 Å². The van der Waals surface area contributed by atoms with Gasteiger partial charge in [-0.05, 0) is 115 Å². The molecule has 0 atom stereocenters. The summed E-state index contributed by atoms with van der Waals surface area (Å²) in [6, 6.07) is 32.1. The van der Waals surface area contributed by atoms with Crippen LogP contribution in [0.4, 0.5) is 0 Å². The molecule has 4 nitrogen and oxygen atoms in total. The average Bonchev–Trinajstić information content (AvgIpc) is 3.03. The molecule has 254 valence electrons. The third-order valence-corrected chi connectivity index (χ3v) is 13.6. The van der Waals surface area contributed by atoms with Crippen LogP contribution in [0.5, 0.6) is 11.8 Å². The molecule has 50 heavy (non-hydrogen) atoms. The molecule has 0 aliphatic carbocycles. The van der Waals surface area contributed by atoms with Crippen molar-refractivity contribution >= 4 is 47.7 Å². The molecular weight excluding hydrogens is 650 g/mol. The molecule has 0 amide bonds. The van der Waals surface area contributed by atoms with Gasteiger partial charge in [0.1, 0.15) is 0 Å². The Bertz CT molecular complexity index is 1870. The monoisotopic (exact) mass is 696 g/mol. The highest BCUT2D eigenvalue weighted by Crippen LogP contribution is 2.46. The lowest BCUT2D eigenvalue weighted by atomic mass is 10.1. The third kappa shape index (κ3) is 7.39. The second-order valence-corrected chi connectivity index (χ2v) is 17.9. The maximum absolute atomic E-state index is 6.20. The van der Waals surface area contributed by atoms with E-state index in [-0.39, 0.29) is 0 Å². The highest BCUT2D eigenvalue weighted by Gasteiger charge is 2.31. The van der Waals surface area contributed by atoms with Gasteiger partial charge in [0.2, 0.25) is 11.8 Å². The Balaban J connectivity index is 1.75. The predicted molar refractivity (Wildman–Crippen MR) is 216 cm³/mol. The maximum Gasteiger partial charge on any atom is 0.221 e. The molecule has 0 unspecified atom stereocenters. The largest absolute Gasteiger partial charge is 0.481 e. The second-order valence-electron chi connectivity index (χ2n) is 13.5. The summed E-state index contributed by atoms with van der Waals surface area (Å²) in [6.07, 6.45) is 3.77. The van der Waals surface area contributed by atoms with Crippen molar-refractivity contribution in [1.29, 1.82) is 0 Å². The number of ether oxygens (including phenoxy) is 2. The number of rotatable bonds is 9. The molecule has 0 saturated heterocycles. The van der Waals surface area contributed by atoms with Crippen molar-refractivity contribution < 1.29 is 9.47 Å². The summed E-state index contributed by atoms with van der Waals surface area (Å²) < 4.78 is 12.4. The van der Waals surface area contributed by atoms with Crippen LogP contribution in [0.3, 0.4) is 0 Å². The minimum atomic E-state index is -1.05. The lowest BCUT2D eigenvalue weighted by Crippen LogP contribution is -2.28. The number of aryl methyl sites for hydroxylation is 8. The fraction of sp³-hybridized carbons (Fsp3) is 0.227. The van der Waals surface area contributed by atoms with Crippen molar-refractivity contribution in [3.63, 3.8) is 0 Å². The van der Waals surface area contributed by atoms with E-state index in [0.717, 1.165) is 21.7 Å². The summed E-state index contributed by atoms with van der Waals surface area (Å²) in [5.74, 6) is 1.12. The summed E-state index contributed by atoms with van der Waals surface area (Å²) in [6.45, 7) is 17.5. The van der Waals surface area contributed by atoms with Gasteiger partial charge >= 0.3 is 0 Å². The first kappa shape index (κ1) is 35.5. The third-order valence-electron chi connectivity index (χ3n) is 8.77. The minimum absolute atomic E-state index is 0.562. The number of hydrogen-bond acceptors (Lipinski definition) is 4. The van der Waals surface area contributed by atoms with E-state index in [1.807, 2.05) is 12.4 Å².